The number of hydrogen-bond donors (Lipinski definition) is 1. The lowest BCUT2D eigenvalue weighted by Crippen LogP contribution is -2.40. The Morgan fingerprint density at radius 1 is 1.25 bits per heavy atom. The average molecular weight is 447 g/mol. The van der Waals surface area contributed by atoms with Gasteiger partial charge in [-0.25, -0.2) is 0 Å². The summed E-state index contributed by atoms with van der Waals surface area (Å²) in [5.74, 6) is -0.0871. The molecule has 2 aliphatic heterocycles. The summed E-state index contributed by atoms with van der Waals surface area (Å²) >= 11 is 3.54. The molecule has 0 radical (unpaired) electrons. The van der Waals surface area contributed by atoms with Crippen molar-refractivity contribution in [1.29, 1.82) is 0 Å². The molecule has 1 N–H and O–H groups in total. The van der Waals surface area contributed by atoms with E-state index in [1.807, 2.05) is 35.9 Å². The molecular formula is C21H27BrN4O2. The molecule has 4 rings (SSSR count). The lowest BCUT2D eigenvalue weighted by molar-refractivity contribution is 0.0512. The predicted molar refractivity (Wildman–Crippen MR) is 113 cm³/mol. The van der Waals surface area contributed by atoms with E-state index in [-0.39, 0.29) is 18.1 Å². The summed E-state index contributed by atoms with van der Waals surface area (Å²) in [5.41, 5.74) is 3.55. The molecule has 0 unspecified atom stereocenters. The smallest absolute Gasteiger partial charge is 0.278 e. The van der Waals surface area contributed by atoms with Crippen LogP contribution in [0, 0.1) is 6.92 Å². The highest BCUT2D eigenvalue weighted by molar-refractivity contribution is 9.10. The Balaban J connectivity index is 1.58. The molecule has 1 amide bonds. The minimum atomic E-state index is -0.177. The van der Waals surface area contributed by atoms with Gasteiger partial charge in [0.05, 0.1) is 17.8 Å². The van der Waals surface area contributed by atoms with Crippen LogP contribution in [-0.4, -0.2) is 51.9 Å². The van der Waals surface area contributed by atoms with Crippen molar-refractivity contribution in [2.45, 2.75) is 51.3 Å². The van der Waals surface area contributed by atoms with Gasteiger partial charge in [-0.1, -0.05) is 22.0 Å². The summed E-state index contributed by atoms with van der Waals surface area (Å²) in [4.78, 5) is 17.3. The number of aliphatic hydroxyl groups excluding tert-OH is 1. The number of likely N-dealkylation sites (tertiary alicyclic amines) is 1. The Labute approximate surface area is 174 Å². The van der Waals surface area contributed by atoms with Crippen molar-refractivity contribution in [3.63, 3.8) is 0 Å². The van der Waals surface area contributed by atoms with Crippen LogP contribution in [0.4, 0.5) is 5.69 Å². The third-order valence-electron chi connectivity index (χ3n) is 6.06. The number of anilines is 1. The molecule has 2 aromatic rings. The summed E-state index contributed by atoms with van der Waals surface area (Å²) in [6.45, 7) is 4.66. The van der Waals surface area contributed by atoms with E-state index in [0.29, 0.717) is 5.69 Å². The molecule has 0 spiro atoms. The van der Waals surface area contributed by atoms with Crippen LogP contribution in [0.5, 0.6) is 0 Å². The number of aromatic nitrogens is 2. The van der Waals surface area contributed by atoms with E-state index >= 15 is 0 Å². The molecule has 1 aromatic heterocycles. The maximum atomic E-state index is 13.1. The van der Waals surface area contributed by atoms with Gasteiger partial charge in [0.1, 0.15) is 0 Å². The van der Waals surface area contributed by atoms with Crippen molar-refractivity contribution in [3.8, 4) is 0 Å². The molecule has 150 valence electrons. The summed E-state index contributed by atoms with van der Waals surface area (Å²) in [7, 11) is 1.80. The van der Waals surface area contributed by atoms with Crippen LogP contribution in [0.3, 0.4) is 0 Å². The molecule has 0 aliphatic carbocycles. The number of aryl methyl sites for hydroxylation is 1. The van der Waals surface area contributed by atoms with Gasteiger partial charge >= 0.3 is 0 Å². The van der Waals surface area contributed by atoms with Gasteiger partial charge in [-0.3, -0.25) is 14.4 Å². The van der Waals surface area contributed by atoms with Crippen molar-refractivity contribution in [2.75, 3.05) is 25.0 Å². The molecule has 1 fully saturated rings. The first-order chi connectivity index (χ1) is 13.5. The Morgan fingerprint density at radius 2 is 2.00 bits per heavy atom. The maximum Gasteiger partial charge on any atom is 0.278 e. The molecular weight excluding hydrogens is 420 g/mol. The van der Waals surface area contributed by atoms with Crippen LogP contribution < -0.4 is 4.90 Å². The molecule has 28 heavy (non-hydrogen) atoms. The third kappa shape index (κ3) is 3.63. The maximum absolute atomic E-state index is 13.1. The second-order valence-electron chi connectivity index (χ2n) is 7.85. The van der Waals surface area contributed by atoms with Gasteiger partial charge in [0.25, 0.3) is 5.91 Å². The Bertz CT molecular complexity index is 873. The first-order valence-electron chi connectivity index (χ1n) is 9.98. The molecule has 2 aliphatic rings. The number of aliphatic hydroxyl groups is 1. The molecule has 1 aromatic carbocycles. The molecule has 6 nitrogen and oxygen atoms in total. The first-order valence-corrected chi connectivity index (χ1v) is 10.8. The van der Waals surface area contributed by atoms with E-state index in [4.69, 9.17) is 0 Å². The minimum absolute atomic E-state index is 0.0871. The molecule has 1 saturated heterocycles. The fourth-order valence-corrected chi connectivity index (χ4v) is 4.73. The van der Waals surface area contributed by atoms with Crippen LogP contribution in [0.25, 0.3) is 0 Å². The van der Waals surface area contributed by atoms with Crippen molar-refractivity contribution in [3.05, 3.63) is 45.7 Å². The zero-order chi connectivity index (χ0) is 19.8. The van der Waals surface area contributed by atoms with Gasteiger partial charge in [-0.05, 0) is 56.4 Å². The number of carbonyl (C=O) groups is 1. The summed E-state index contributed by atoms with van der Waals surface area (Å²) in [6, 6.07) is 8.13. The number of piperidine rings is 1. The number of carbonyl (C=O) groups excluding carboxylic acids is 1. The topological polar surface area (TPSA) is 61.6 Å². The molecule has 0 bridgehead atoms. The van der Waals surface area contributed by atoms with Crippen LogP contribution in [0.1, 0.15) is 53.5 Å². The standard InChI is InChI=1S/C21H27BrN4O2/c1-14-16(22)5-3-6-18(14)24(2)21(28)17-13-20-19(7-4-10-26(20)23-17)25-11-8-15(27)9-12-25/h3,5-6,13,15,19,27H,4,7-12H2,1-2H3/t19-/m0/s1. The SMILES string of the molecule is Cc1c(Br)cccc1N(C)C(=O)c1cc2n(n1)CCC[C@@H]2N1CCC(O)CC1. The van der Waals surface area contributed by atoms with Gasteiger partial charge < -0.3 is 10.0 Å². The number of amides is 1. The van der Waals surface area contributed by atoms with Crippen molar-refractivity contribution in [2.24, 2.45) is 0 Å². The highest BCUT2D eigenvalue weighted by Crippen LogP contribution is 2.33. The zero-order valence-electron chi connectivity index (χ0n) is 16.4. The highest BCUT2D eigenvalue weighted by atomic mass is 79.9. The largest absolute Gasteiger partial charge is 0.393 e. The Hall–Kier alpha value is -1.70. The fraction of sp³-hybridized carbons (Fsp3) is 0.524. The number of rotatable bonds is 3. The number of hydrogen-bond acceptors (Lipinski definition) is 4. The van der Waals surface area contributed by atoms with Gasteiger partial charge in [0, 0.05) is 36.8 Å². The molecule has 7 heteroatoms. The summed E-state index contributed by atoms with van der Waals surface area (Å²) < 4.78 is 3.00. The quantitative estimate of drug-likeness (QED) is 0.783. The van der Waals surface area contributed by atoms with Gasteiger partial charge in [0.15, 0.2) is 5.69 Å². The van der Waals surface area contributed by atoms with Crippen LogP contribution in [0.2, 0.25) is 0 Å². The second-order valence-corrected chi connectivity index (χ2v) is 8.71. The predicted octanol–water partition coefficient (Wildman–Crippen LogP) is 3.52. The lowest BCUT2D eigenvalue weighted by Gasteiger charge is -2.38. The fourth-order valence-electron chi connectivity index (χ4n) is 4.37. The number of fused-ring (bicyclic) bond motifs is 1. The first kappa shape index (κ1) is 19.6. The number of halogens is 1. The van der Waals surface area contributed by atoms with Gasteiger partial charge in [-0.15, -0.1) is 0 Å². The van der Waals surface area contributed by atoms with E-state index in [0.717, 1.165) is 66.7 Å². The van der Waals surface area contributed by atoms with Crippen LogP contribution in [0.15, 0.2) is 28.7 Å². The molecule has 3 heterocycles. The summed E-state index contributed by atoms with van der Waals surface area (Å²) in [5, 5.41) is 14.5. The highest BCUT2D eigenvalue weighted by Gasteiger charge is 2.32. The zero-order valence-corrected chi connectivity index (χ0v) is 18.0. The second kappa shape index (κ2) is 7.97. The lowest BCUT2D eigenvalue weighted by atomic mass is 9.98. The third-order valence-corrected chi connectivity index (χ3v) is 6.92. The van der Waals surface area contributed by atoms with E-state index in [1.54, 1.807) is 11.9 Å². The summed E-state index contributed by atoms with van der Waals surface area (Å²) in [6.07, 6.45) is 3.61. The van der Waals surface area contributed by atoms with E-state index in [2.05, 4.69) is 25.9 Å². The van der Waals surface area contributed by atoms with Crippen molar-refractivity contribution in [1.82, 2.24) is 14.7 Å². The average Bonchev–Trinajstić information content (AvgIpc) is 3.14. The van der Waals surface area contributed by atoms with E-state index in [1.165, 1.54) is 0 Å². The Kier molecular flexibility index (Phi) is 5.58. The monoisotopic (exact) mass is 446 g/mol. The van der Waals surface area contributed by atoms with Crippen molar-refractivity contribution >= 4 is 27.5 Å². The van der Waals surface area contributed by atoms with Gasteiger partial charge in [0.2, 0.25) is 0 Å². The van der Waals surface area contributed by atoms with Crippen molar-refractivity contribution < 1.29 is 9.90 Å². The number of benzene rings is 1. The van der Waals surface area contributed by atoms with E-state index < -0.39 is 0 Å². The van der Waals surface area contributed by atoms with Crippen LogP contribution >= 0.6 is 15.9 Å². The Morgan fingerprint density at radius 3 is 2.75 bits per heavy atom. The molecule has 1 atom stereocenters. The van der Waals surface area contributed by atoms with Crippen LogP contribution in [-0.2, 0) is 6.54 Å². The minimum Gasteiger partial charge on any atom is -0.393 e. The van der Waals surface area contributed by atoms with E-state index in [9.17, 15) is 9.90 Å². The molecule has 0 saturated carbocycles. The number of nitrogens with zero attached hydrogens (tertiary/aromatic N) is 4. The van der Waals surface area contributed by atoms with Gasteiger partial charge in [-0.2, -0.15) is 5.10 Å². The normalized spacial score (nSPS) is 20.8.